The van der Waals surface area contributed by atoms with Crippen molar-refractivity contribution in [2.75, 3.05) is 23.7 Å². The minimum Gasteiger partial charge on any atom is -0.354 e. The van der Waals surface area contributed by atoms with E-state index in [1.165, 1.54) is 10.6 Å². The van der Waals surface area contributed by atoms with Gasteiger partial charge in [-0.25, -0.2) is 8.42 Å². The third-order valence-electron chi connectivity index (χ3n) is 6.80. The molecule has 0 aromatic heterocycles. The first-order valence-corrected chi connectivity index (χ1v) is 15.6. The molecule has 2 amide bonds. The molecule has 0 saturated heterocycles. The van der Waals surface area contributed by atoms with Crippen molar-refractivity contribution in [3.63, 3.8) is 0 Å². The van der Waals surface area contributed by atoms with Crippen molar-refractivity contribution < 1.29 is 18.0 Å². The lowest BCUT2D eigenvalue weighted by molar-refractivity contribution is -0.141. The molecule has 0 fully saturated rings. The van der Waals surface area contributed by atoms with Crippen molar-refractivity contribution in [3.05, 3.63) is 101 Å². The third kappa shape index (κ3) is 8.95. The Morgan fingerprint density at radius 2 is 1.52 bits per heavy atom. The second-order valence-corrected chi connectivity index (χ2v) is 12.1. The van der Waals surface area contributed by atoms with Crippen LogP contribution in [0.25, 0.3) is 0 Å². The zero-order valence-electron chi connectivity index (χ0n) is 24.0. The van der Waals surface area contributed by atoms with Gasteiger partial charge in [-0.05, 0) is 55.0 Å². The van der Waals surface area contributed by atoms with Gasteiger partial charge in [-0.3, -0.25) is 13.9 Å². The van der Waals surface area contributed by atoms with Crippen molar-refractivity contribution in [2.24, 2.45) is 0 Å². The molecule has 1 atom stereocenters. The Balaban J connectivity index is 1.86. The van der Waals surface area contributed by atoms with Crippen LogP contribution in [0.1, 0.15) is 48.4 Å². The topological polar surface area (TPSA) is 86.8 Å². The molecule has 8 heteroatoms. The van der Waals surface area contributed by atoms with Gasteiger partial charge in [0.2, 0.25) is 21.8 Å². The summed E-state index contributed by atoms with van der Waals surface area (Å²) in [5, 5.41) is 2.98. The van der Waals surface area contributed by atoms with Gasteiger partial charge >= 0.3 is 0 Å². The van der Waals surface area contributed by atoms with E-state index in [2.05, 4.69) is 5.32 Å². The second-order valence-electron chi connectivity index (χ2n) is 10.2. The van der Waals surface area contributed by atoms with Crippen molar-refractivity contribution >= 4 is 27.5 Å². The Morgan fingerprint density at radius 1 is 0.900 bits per heavy atom. The van der Waals surface area contributed by atoms with Gasteiger partial charge in [-0.15, -0.1) is 0 Å². The number of sulfonamides is 1. The minimum absolute atomic E-state index is 0.107. The number of nitrogens with zero attached hydrogens (tertiary/aromatic N) is 2. The van der Waals surface area contributed by atoms with E-state index in [1.807, 2.05) is 99.6 Å². The first kappa shape index (κ1) is 30.9. The van der Waals surface area contributed by atoms with Crippen molar-refractivity contribution in [1.29, 1.82) is 0 Å². The zero-order chi connectivity index (χ0) is 29.1. The highest BCUT2D eigenvalue weighted by Crippen LogP contribution is 2.25. The average Bonchev–Trinajstić information content (AvgIpc) is 2.93. The summed E-state index contributed by atoms with van der Waals surface area (Å²) in [5.74, 6) is -0.381. The zero-order valence-corrected chi connectivity index (χ0v) is 24.8. The molecule has 3 rings (SSSR count). The molecule has 0 aliphatic rings. The maximum atomic E-state index is 13.8. The largest absolute Gasteiger partial charge is 0.354 e. The van der Waals surface area contributed by atoms with Crippen LogP contribution >= 0.6 is 0 Å². The van der Waals surface area contributed by atoms with Crippen LogP contribution in [0.5, 0.6) is 0 Å². The molecule has 0 spiro atoms. The van der Waals surface area contributed by atoms with Crippen LogP contribution in [0.3, 0.4) is 0 Å². The predicted molar refractivity (Wildman–Crippen MR) is 162 cm³/mol. The number of amides is 2. The fourth-order valence-corrected chi connectivity index (χ4v) is 5.69. The molecular formula is C32H41N3O4S. The number of nitrogens with one attached hydrogen (secondary N) is 1. The second kappa shape index (κ2) is 14.7. The monoisotopic (exact) mass is 563 g/mol. The van der Waals surface area contributed by atoms with Gasteiger partial charge in [0.25, 0.3) is 0 Å². The Kier molecular flexibility index (Phi) is 11.3. The predicted octanol–water partition coefficient (Wildman–Crippen LogP) is 5.02. The highest BCUT2D eigenvalue weighted by molar-refractivity contribution is 7.92. The van der Waals surface area contributed by atoms with E-state index >= 15 is 0 Å². The van der Waals surface area contributed by atoms with E-state index in [9.17, 15) is 18.0 Å². The normalized spacial score (nSPS) is 12.0. The molecule has 40 heavy (non-hydrogen) atoms. The van der Waals surface area contributed by atoms with Gasteiger partial charge in [0.15, 0.2) is 0 Å². The highest BCUT2D eigenvalue weighted by atomic mass is 32.2. The lowest BCUT2D eigenvalue weighted by Crippen LogP contribution is -2.50. The molecule has 0 radical (unpaired) electrons. The molecule has 7 nitrogen and oxygen atoms in total. The summed E-state index contributed by atoms with van der Waals surface area (Å²) < 4.78 is 26.8. The van der Waals surface area contributed by atoms with Gasteiger partial charge in [-0.1, -0.05) is 79.7 Å². The summed E-state index contributed by atoms with van der Waals surface area (Å²) in [6.07, 6.45) is 2.78. The molecule has 0 bridgehead atoms. The van der Waals surface area contributed by atoms with E-state index in [1.54, 1.807) is 4.90 Å². The number of anilines is 1. The lowest BCUT2D eigenvalue weighted by Gasteiger charge is -2.32. The molecule has 0 aliphatic carbocycles. The number of hydrogen-bond donors (Lipinski definition) is 1. The number of hydrogen-bond acceptors (Lipinski definition) is 4. The molecular weight excluding hydrogens is 522 g/mol. The first-order valence-electron chi connectivity index (χ1n) is 13.8. The molecule has 0 saturated carbocycles. The van der Waals surface area contributed by atoms with Crippen LogP contribution in [0.4, 0.5) is 5.69 Å². The maximum Gasteiger partial charge on any atom is 0.243 e. The van der Waals surface area contributed by atoms with Crippen LogP contribution in [0.15, 0.2) is 78.9 Å². The summed E-state index contributed by atoms with van der Waals surface area (Å²) in [5.41, 5.74) is 4.32. The van der Waals surface area contributed by atoms with Gasteiger partial charge in [0.05, 0.1) is 11.9 Å². The number of carbonyl (C=O) groups is 2. The third-order valence-corrected chi connectivity index (χ3v) is 7.98. The molecule has 0 heterocycles. The van der Waals surface area contributed by atoms with Crippen molar-refractivity contribution in [3.8, 4) is 0 Å². The lowest BCUT2D eigenvalue weighted by atomic mass is 10.0. The summed E-state index contributed by atoms with van der Waals surface area (Å²) in [6, 6.07) is 24.3. The van der Waals surface area contributed by atoms with Crippen LogP contribution < -0.4 is 9.62 Å². The van der Waals surface area contributed by atoms with E-state index in [-0.39, 0.29) is 31.3 Å². The van der Waals surface area contributed by atoms with Crippen molar-refractivity contribution in [2.45, 2.75) is 59.0 Å². The Bertz CT molecular complexity index is 1360. The van der Waals surface area contributed by atoms with Gasteiger partial charge < -0.3 is 10.2 Å². The fourth-order valence-electron chi connectivity index (χ4n) is 4.67. The smallest absolute Gasteiger partial charge is 0.243 e. The number of rotatable bonds is 14. The van der Waals surface area contributed by atoms with Gasteiger partial charge in [0, 0.05) is 32.5 Å². The maximum absolute atomic E-state index is 13.8. The summed E-state index contributed by atoms with van der Waals surface area (Å²) in [7, 11) is -3.56. The molecule has 0 unspecified atom stereocenters. The number of carbonyl (C=O) groups excluding carboxylic acids is 2. The summed E-state index contributed by atoms with van der Waals surface area (Å²) in [4.78, 5) is 28.9. The SMILES string of the molecule is CCCNC(=O)[C@@H](Cc1ccccc1)N(Cc1ccccc1)C(=O)CCCN(c1cc(C)ccc1C)S(C)(=O)=O. The van der Waals surface area contributed by atoms with Crippen LogP contribution in [-0.4, -0.2) is 50.5 Å². The highest BCUT2D eigenvalue weighted by Gasteiger charge is 2.30. The first-order chi connectivity index (χ1) is 19.1. The Hall–Kier alpha value is -3.65. The quantitative estimate of drug-likeness (QED) is 0.299. The van der Waals surface area contributed by atoms with Gasteiger partial charge in [0.1, 0.15) is 6.04 Å². The van der Waals surface area contributed by atoms with E-state index in [0.29, 0.717) is 25.1 Å². The van der Waals surface area contributed by atoms with Crippen LogP contribution in [-0.2, 0) is 32.6 Å². The average molecular weight is 564 g/mol. The number of aryl methyl sites for hydroxylation is 2. The summed E-state index contributed by atoms with van der Waals surface area (Å²) in [6.45, 7) is 6.76. The molecule has 214 valence electrons. The van der Waals surface area contributed by atoms with Crippen molar-refractivity contribution in [1.82, 2.24) is 10.2 Å². The molecule has 0 aliphatic heterocycles. The van der Waals surface area contributed by atoms with Crippen LogP contribution in [0.2, 0.25) is 0 Å². The van der Waals surface area contributed by atoms with E-state index in [0.717, 1.165) is 28.7 Å². The number of benzene rings is 3. The summed E-state index contributed by atoms with van der Waals surface area (Å²) >= 11 is 0. The Labute approximate surface area is 239 Å². The molecule has 3 aromatic rings. The minimum atomic E-state index is -3.56. The fraction of sp³-hybridized carbons (Fsp3) is 0.375. The molecule has 3 aromatic carbocycles. The van der Waals surface area contributed by atoms with Gasteiger partial charge in [-0.2, -0.15) is 0 Å². The van der Waals surface area contributed by atoms with Crippen LogP contribution in [0, 0.1) is 13.8 Å². The van der Waals surface area contributed by atoms with E-state index < -0.39 is 16.1 Å². The Morgan fingerprint density at radius 3 is 2.12 bits per heavy atom. The standard InChI is InChI=1S/C32H41N3O4S/c1-5-20-33-32(37)30(23-27-13-8-6-9-14-27)34(24-28-15-10-7-11-16-28)31(36)17-12-21-35(40(4,38)39)29-22-25(2)18-19-26(29)3/h6-11,13-16,18-19,22,30H,5,12,17,20-21,23-24H2,1-4H3,(H,33,37)/t30-/m1/s1. The van der Waals surface area contributed by atoms with E-state index in [4.69, 9.17) is 0 Å². The molecule has 1 N–H and O–H groups in total.